The monoisotopic (exact) mass is 375 g/mol. The zero-order chi connectivity index (χ0) is 18.1. The number of hydrogen-bond donors (Lipinski definition) is 1. The number of rotatable bonds is 4. The van der Waals surface area contributed by atoms with Gasteiger partial charge in [-0.15, -0.1) is 11.3 Å². The SMILES string of the molecule is C[C@H]1CN(Cc2csc(NC(=O)c3ccc4c(c3)OCO4)n2)C[C@H](C)O1. The van der Waals surface area contributed by atoms with E-state index in [1.54, 1.807) is 18.2 Å². The second kappa shape index (κ2) is 7.22. The summed E-state index contributed by atoms with van der Waals surface area (Å²) in [5.41, 5.74) is 1.47. The quantitative estimate of drug-likeness (QED) is 0.886. The number of hydrogen-bond acceptors (Lipinski definition) is 7. The van der Waals surface area contributed by atoms with Crippen LogP contribution in [-0.4, -0.2) is 47.9 Å². The minimum Gasteiger partial charge on any atom is -0.454 e. The third-order valence-corrected chi connectivity index (χ3v) is 5.09. The summed E-state index contributed by atoms with van der Waals surface area (Å²) >= 11 is 1.43. The molecule has 3 heterocycles. The Balaban J connectivity index is 1.38. The molecular weight excluding hydrogens is 354 g/mol. The lowest BCUT2D eigenvalue weighted by Gasteiger charge is -2.34. The molecule has 1 N–H and O–H groups in total. The van der Waals surface area contributed by atoms with E-state index in [1.165, 1.54) is 11.3 Å². The summed E-state index contributed by atoms with van der Waals surface area (Å²) in [6, 6.07) is 5.14. The average Bonchev–Trinajstić information content (AvgIpc) is 3.22. The molecule has 2 aliphatic rings. The van der Waals surface area contributed by atoms with E-state index in [0.717, 1.165) is 25.3 Å². The first-order valence-electron chi connectivity index (χ1n) is 8.60. The molecule has 0 aliphatic carbocycles. The third kappa shape index (κ3) is 3.82. The van der Waals surface area contributed by atoms with Crippen molar-refractivity contribution in [2.75, 3.05) is 25.2 Å². The first-order valence-corrected chi connectivity index (χ1v) is 9.48. The number of anilines is 1. The highest BCUT2D eigenvalue weighted by Gasteiger charge is 2.23. The van der Waals surface area contributed by atoms with Crippen LogP contribution in [0.4, 0.5) is 5.13 Å². The lowest BCUT2D eigenvalue weighted by Crippen LogP contribution is -2.44. The molecule has 7 nitrogen and oxygen atoms in total. The molecule has 0 saturated carbocycles. The molecular formula is C18H21N3O4S. The molecule has 1 amide bonds. The summed E-state index contributed by atoms with van der Waals surface area (Å²) in [5, 5.41) is 5.43. The van der Waals surface area contributed by atoms with Crippen molar-refractivity contribution >= 4 is 22.4 Å². The number of amides is 1. The lowest BCUT2D eigenvalue weighted by atomic mass is 10.2. The highest BCUT2D eigenvalue weighted by Crippen LogP contribution is 2.32. The van der Waals surface area contributed by atoms with Gasteiger partial charge in [-0.1, -0.05) is 0 Å². The molecule has 0 spiro atoms. The maximum atomic E-state index is 12.4. The van der Waals surface area contributed by atoms with Crippen LogP contribution in [0, 0.1) is 0 Å². The Bertz CT molecular complexity index is 799. The first kappa shape index (κ1) is 17.3. The van der Waals surface area contributed by atoms with Crippen molar-refractivity contribution in [3.8, 4) is 11.5 Å². The number of morpholine rings is 1. The number of carbonyl (C=O) groups excluding carboxylic acids is 1. The molecule has 138 valence electrons. The van der Waals surface area contributed by atoms with E-state index in [0.29, 0.717) is 22.2 Å². The highest BCUT2D eigenvalue weighted by atomic mass is 32.1. The number of nitrogens with zero attached hydrogens (tertiary/aromatic N) is 2. The van der Waals surface area contributed by atoms with Crippen LogP contribution in [-0.2, 0) is 11.3 Å². The fourth-order valence-corrected chi connectivity index (χ4v) is 3.98. The van der Waals surface area contributed by atoms with Crippen LogP contribution in [0.3, 0.4) is 0 Å². The van der Waals surface area contributed by atoms with Gasteiger partial charge in [0.1, 0.15) is 0 Å². The average molecular weight is 375 g/mol. The van der Waals surface area contributed by atoms with Crippen LogP contribution in [0.15, 0.2) is 23.6 Å². The molecule has 2 atom stereocenters. The van der Waals surface area contributed by atoms with E-state index < -0.39 is 0 Å². The van der Waals surface area contributed by atoms with E-state index in [9.17, 15) is 4.79 Å². The smallest absolute Gasteiger partial charge is 0.257 e. The van der Waals surface area contributed by atoms with Gasteiger partial charge < -0.3 is 14.2 Å². The summed E-state index contributed by atoms with van der Waals surface area (Å²) in [7, 11) is 0. The fourth-order valence-electron chi connectivity index (χ4n) is 3.29. The topological polar surface area (TPSA) is 72.9 Å². The zero-order valence-electron chi connectivity index (χ0n) is 14.7. The van der Waals surface area contributed by atoms with Gasteiger partial charge in [0.2, 0.25) is 6.79 Å². The van der Waals surface area contributed by atoms with Crippen molar-refractivity contribution in [1.82, 2.24) is 9.88 Å². The minimum atomic E-state index is -0.210. The summed E-state index contributed by atoms with van der Waals surface area (Å²) < 4.78 is 16.3. The predicted molar refractivity (Wildman–Crippen MR) is 97.9 cm³/mol. The molecule has 0 bridgehead atoms. The fraction of sp³-hybridized carbons (Fsp3) is 0.444. The lowest BCUT2D eigenvalue weighted by molar-refractivity contribution is -0.0707. The molecule has 1 saturated heterocycles. The Morgan fingerprint density at radius 2 is 2.04 bits per heavy atom. The molecule has 1 fully saturated rings. The number of nitrogens with one attached hydrogen (secondary N) is 1. The molecule has 2 aromatic rings. The van der Waals surface area contributed by atoms with Crippen molar-refractivity contribution in [1.29, 1.82) is 0 Å². The standard InChI is InChI=1S/C18H21N3O4S/c1-11-6-21(7-12(2)25-11)8-14-9-26-18(19-14)20-17(22)13-3-4-15-16(5-13)24-10-23-15/h3-5,9,11-12H,6-8,10H2,1-2H3,(H,19,20,22)/t11-,12-/m0/s1. The van der Waals surface area contributed by atoms with Gasteiger partial charge in [0, 0.05) is 30.6 Å². The van der Waals surface area contributed by atoms with Crippen LogP contribution in [0.5, 0.6) is 11.5 Å². The van der Waals surface area contributed by atoms with Gasteiger partial charge in [-0.25, -0.2) is 4.98 Å². The highest BCUT2D eigenvalue weighted by molar-refractivity contribution is 7.13. The summed E-state index contributed by atoms with van der Waals surface area (Å²) in [6.45, 7) is 6.90. The van der Waals surface area contributed by atoms with E-state index in [4.69, 9.17) is 14.2 Å². The van der Waals surface area contributed by atoms with Gasteiger partial charge >= 0.3 is 0 Å². The second-order valence-electron chi connectivity index (χ2n) is 6.62. The maximum absolute atomic E-state index is 12.4. The van der Waals surface area contributed by atoms with Gasteiger partial charge in [-0.05, 0) is 32.0 Å². The van der Waals surface area contributed by atoms with Crippen LogP contribution in [0.1, 0.15) is 29.9 Å². The largest absolute Gasteiger partial charge is 0.454 e. The molecule has 0 radical (unpaired) electrons. The van der Waals surface area contributed by atoms with Crippen LogP contribution in [0.2, 0.25) is 0 Å². The van der Waals surface area contributed by atoms with Crippen molar-refractivity contribution in [3.63, 3.8) is 0 Å². The number of benzene rings is 1. The van der Waals surface area contributed by atoms with Gasteiger partial charge in [0.15, 0.2) is 16.6 Å². The number of ether oxygens (including phenoxy) is 3. The van der Waals surface area contributed by atoms with Crippen molar-refractivity contribution in [2.45, 2.75) is 32.6 Å². The van der Waals surface area contributed by atoms with E-state index in [2.05, 4.69) is 29.0 Å². The Labute approximate surface area is 155 Å². The third-order valence-electron chi connectivity index (χ3n) is 4.29. The predicted octanol–water partition coefficient (Wildman–Crippen LogP) is 2.73. The van der Waals surface area contributed by atoms with Crippen molar-refractivity contribution in [3.05, 3.63) is 34.8 Å². The summed E-state index contributed by atoms with van der Waals surface area (Å²) in [5.74, 6) is 1.04. The van der Waals surface area contributed by atoms with Gasteiger partial charge in [-0.3, -0.25) is 15.0 Å². The molecule has 1 aromatic carbocycles. The summed E-state index contributed by atoms with van der Waals surface area (Å²) in [4.78, 5) is 19.3. The second-order valence-corrected chi connectivity index (χ2v) is 7.48. The zero-order valence-corrected chi connectivity index (χ0v) is 15.5. The van der Waals surface area contributed by atoms with E-state index >= 15 is 0 Å². The van der Waals surface area contributed by atoms with E-state index in [-0.39, 0.29) is 24.9 Å². The van der Waals surface area contributed by atoms with Crippen LogP contribution in [0.25, 0.3) is 0 Å². The summed E-state index contributed by atoms with van der Waals surface area (Å²) in [6.07, 6.45) is 0.449. The Morgan fingerprint density at radius 3 is 2.85 bits per heavy atom. The minimum absolute atomic E-state index is 0.190. The molecule has 4 rings (SSSR count). The molecule has 2 aliphatic heterocycles. The first-order chi connectivity index (χ1) is 12.6. The van der Waals surface area contributed by atoms with E-state index in [1.807, 2.05) is 5.38 Å². The molecule has 8 heteroatoms. The number of fused-ring (bicyclic) bond motifs is 1. The normalized spacial score (nSPS) is 22.4. The number of carbonyl (C=O) groups is 1. The van der Waals surface area contributed by atoms with Gasteiger partial charge in [0.25, 0.3) is 5.91 Å². The van der Waals surface area contributed by atoms with Crippen molar-refractivity contribution in [2.24, 2.45) is 0 Å². The Morgan fingerprint density at radius 1 is 1.27 bits per heavy atom. The Hall–Kier alpha value is -2.16. The number of thiazole rings is 1. The van der Waals surface area contributed by atoms with Gasteiger partial charge in [-0.2, -0.15) is 0 Å². The van der Waals surface area contributed by atoms with Crippen molar-refractivity contribution < 1.29 is 19.0 Å². The maximum Gasteiger partial charge on any atom is 0.257 e. The van der Waals surface area contributed by atoms with Crippen LogP contribution < -0.4 is 14.8 Å². The Kier molecular flexibility index (Phi) is 4.80. The van der Waals surface area contributed by atoms with Gasteiger partial charge in [0.05, 0.1) is 17.9 Å². The number of aromatic nitrogens is 1. The van der Waals surface area contributed by atoms with Crippen LogP contribution >= 0.6 is 11.3 Å². The molecule has 1 aromatic heterocycles. The molecule has 0 unspecified atom stereocenters. The molecule has 26 heavy (non-hydrogen) atoms.